The van der Waals surface area contributed by atoms with E-state index in [0.29, 0.717) is 25.9 Å². The number of hydrogen-bond donors (Lipinski definition) is 7. The molecule has 10 heteroatoms. The third-order valence-corrected chi connectivity index (χ3v) is 12.7. The van der Waals surface area contributed by atoms with E-state index in [2.05, 4.69) is 39.8 Å². The molecule has 5 aliphatic rings. The molecule has 0 radical (unpaired) electrons. The first kappa shape index (κ1) is 33.7. The Hall–Kier alpha value is -0.660. The highest BCUT2D eigenvalue weighted by atomic mass is 16.7. The third kappa shape index (κ3) is 5.66. The van der Waals surface area contributed by atoms with Gasteiger partial charge in [0.15, 0.2) is 6.29 Å². The highest BCUT2D eigenvalue weighted by Crippen LogP contribution is 2.69. The van der Waals surface area contributed by atoms with Crippen LogP contribution in [0.4, 0.5) is 0 Å². The van der Waals surface area contributed by atoms with Gasteiger partial charge in [0, 0.05) is 25.4 Å². The lowest BCUT2D eigenvalue weighted by atomic mass is 9.41. The van der Waals surface area contributed by atoms with E-state index in [9.17, 15) is 35.7 Å². The van der Waals surface area contributed by atoms with Crippen LogP contribution in [0.15, 0.2) is 12.2 Å². The highest BCUT2D eigenvalue weighted by Gasteiger charge is 2.71. The second kappa shape index (κ2) is 12.5. The summed E-state index contributed by atoms with van der Waals surface area (Å²) in [5, 5.41) is 76.8. The Morgan fingerprint density at radius 2 is 1.60 bits per heavy atom. The van der Waals surface area contributed by atoms with Crippen molar-refractivity contribution >= 4 is 0 Å². The summed E-state index contributed by atoms with van der Waals surface area (Å²) < 4.78 is 16.5. The lowest BCUT2D eigenvalue weighted by Crippen LogP contribution is -2.70. The Morgan fingerprint density at radius 3 is 2.30 bits per heavy atom. The number of allylic oxidation sites excluding steroid dienone is 2. The van der Waals surface area contributed by atoms with Gasteiger partial charge in [-0.3, -0.25) is 0 Å². The van der Waals surface area contributed by atoms with Crippen LogP contribution < -0.4 is 0 Å². The molecule has 0 spiro atoms. The van der Waals surface area contributed by atoms with Crippen molar-refractivity contribution in [2.24, 2.45) is 46.3 Å². The van der Waals surface area contributed by atoms with Crippen LogP contribution in [0.2, 0.25) is 0 Å². The van der Waals surface area contributed by atoms with Crippen LogP contribution in [0.3, 0.4) is 0 Å². The normalized spacial score (nSPS) is 53.2. The Kier molecular flexibility index (Phi) is 9.80. The van der Waals surface area contributed by atoms with Crippen LogP contribution >= 0.6 is 0 Å². The summed E-state index contributed by atoms with van der Waals surface area (Å²) in [6.07, 6.45) is 1.40. The molecule has 7 N–H and O–H groups in total. The van der Waals surface area contributed by atoms with Crippen LogP contribution in [0.5, 0.6) is 0 Å². The monoisotopic (exact) mass is 612 g/mol. The minimum atomic E-state index is -1.24. The number of rotatable bonds is 8. The topological polar surface area (TPSA) is 169 Å². The second-order valence-electron chi connectivity index (χ2n) is 15.3. The molecule has 0 amide bonds. The first-order chi connectivity index (χ1) is 20.2. The van der Waals surface area contributed by atoms with Gasteiger partial charge in [0.2, 0.25) is 0 Å². The van der Waals surface area contributed by atoms with Crippen molar-refractivity contribution < 1.29 is 50.0 Å². The van der Waals surface area contributed by atoms with E-state index in [-0.39, 0.29) is 48.0 Å². The van der Waals surface area contributed by atoms with Gasteiger partial charge in [-0.1, -0.05) is 39.8 Å². The van der Waals surface area contributed by atoms with E-state index < -0.39 is 66.0 Å². The molecule has 1 heterocycles. The van der Waals surface area contributed by atoms with E-state index in [1.165, 1.54) is 7.11 Å². The first-order valence-electron chi connectivity index (χ1n) is 16.4. The van der Waals surface area contributed by atoms with Crippen molar-refractivity contribution in [3.05, 3.63) is 12.2 Å². The fourth-order valence-electron chi connectivity index (χ4n) is 10.6. The van der Waals surface area contributed by atoms with Crippen LogP contribution in [-0.4, -0.2) is 111 Å². The quantitative estimate of drug-likeness (QED) is 0.199. The molecule has 43 heavy (non-hydrogen) atoms. The van der Waals surface area contributed by atoms with Crippen molar-refractivity contribution in [3.63, 3.8) is 0 Å². The van der Waals surface area contributed by atoms with Crippen LogP contribution in [0, 0.1) is 46.3 Å². The molecular formula is C33H56O10. The summed E-state index contributed by atoms with van der Waals surface area (Å²) in [7, 11) is 1.44. The maximum Gasteiger partial charge on any atom is 0.186 e. The Morgan fingerprint density at radius 1 is 0.907 bits per heavy atom. The minimum Gasteiger partial charge on any atom is -0.393 e. The van der Waals surface area contributed by atoms with Crippen molar-refractivity contribution in [1.29, 1.82) is 0 Å². The lowest BCUT2D eigenvalue weighted by molar-refractivity contribution is -0.280. The summed E-state index contributed by atoms with van der Waals surface area (Å²) in [4.78, 5) is 0. The zero-order chi connectivity index (χ0) is 31.5. The molecule has 17 atom stereocenters. The molecule has 5 fully saturated rings. The molecule has 1 aliphatic heterocycles. The van der Waals surface area contributed by atoms with Gasteiger partial charge in [-0.15, -0.1) is 0 Å². The van der Waals surface area contributed by atoms with Crippen LogP contribution in [0.1, 0.15) is 72.6 Å². The van der Waals surface area contributed by atoms with Gasteiger partial charge < -0.3 is 50.0 Å². The van der Waals surface area contributed by atoms with Gasteiger partial charge >= 0.3 is 0 Å². The van der Waals surface area contributed by atoms with Gasteiger partial charge in [-0.25, -0.2) is 0 Å². The molecule has 5 rings (SSSR count). The van der Waals surface area contributed by atoms with E-state index >= 15 is 0 Å². The molecule has 4 saturated carbocycles. The van der Waals surface area contributed by atoms with Crippen molar-refractivity contribution in [1.82, 2.24) is 0 Å². The number of methoxy groups -OCH3 is 1. The summed E-state index contributed by atoms with van der Waals surface area (Å²) in [5.41, 5.74) is -2.07. The van der Waals surface area contributed by atoms with E-state index in [0.717, 1.165) is 19.3 Å². The van der Waals surface area contributed by atoms with Crippen molar-refractivity contribution in [2.45, 2.75) is 127 Å². The minimum absolute atomic E-state index is 0.0404. The molecule has 4 aliphatic carbocycles. The van der Waals surface area contributed by atoms with Crippen LogP contribution in [0.25, 0.3) is 0 Å². The van der Waals surface area contributed by atoms with Gasteiger partial charge in [-0.2, -0.15) is 0 Å². The molecule has 10 nitrogen and oxygen atoms in total. The number of hydrogen-bond acceptors (Lipinski definition) is 10. The Balaban J connectivity index is 1.22. The third-order valence-electron chi connectivity index (χ3n) is 12.7. The average Bonchev–Trinajstić information content (AvgIpc) is 3.21. The van der Waals surface area contributed by atoms with Crippen molar-refractivity contribution in [3.8, 4) is 0 Å². The van der Waals surface area contributed by atoms with Gasteiger partial charge in [0.1, 0.15) is 18.3 Å². The molecule has 0 bridgehead atoms. The predicted octanol–water partition coefficient (Wildman–Crippen LogP) is 1.36. The fourth-order valence-corrected chi connectivity index (χ4v) is 10.6. The van der Waals surface area contributed by atoms with E-state index in [1.807, 2.05) is 0 Å². The SMILES string of the molecule is COC1C(O)COC(OCC(C)C/C=C/C(C)[C@H]2C[C@@H](O)C3[C@]4(O)C[C@H](O)C5[C@@H](O)[C@@H](O)CC[C@]5(C)C4CC[C@@]32C)C1O. The van der Waals surface area contributed by atoms with E-state index in [1.54, 1.807) is 0 Å². The maximum absolute atomic E-state index is 12.5. The zero-order valence-electron chi connectivity index (χ0n) is 26.5. The molecule has 0 aromatic rings. The van der Waals surface area contributed by atoms with Gasteiger partial charge in [-0.05, 0) is 73.0 Å². The largest absolute Gasteiger partial charge is 0.393 e. The molecule has 9 unspecified atom stereocenters. The van der Waals surface area contributed by atoms with Gasteiger partial charge in [0.05, 0.1) is 43.2 Å². The van der Waals surface area contributed by atoms with Crippen molar-refractivity contribution in [2.75, 3.05) is 20.3 Å². The number of fused-ring (bicyclic) bond motifs is 5. The van der Waals surface area contributed by atoms with E-state index in [4.69, 9.17) is 14.2 Å². The standard InChI is InChI=1S/C33H56O10/c1-17(15-42-30-27(39)28(41-5)23(37)16-43-30)7-6-8-18(2)19-13-21(35)29-31(19,3)12-10-24-32(4)11-9-20(34)26(38)25(32)22(36)14-33(24,29)40/h6,8,17-30,34-40H,7,9-16H2,1-5H3/b8-6+/t17?,18?,19-,20+,21-,22+,23?,24?,25?,26+,27?,28?,29?,30?,31-,32-,33+/m1/s1. The number of aliphatic hydroxyl groups excluding tert-OH is 6. The zero-order valence-corrected chi connectivity index (χ0v) is 26.5. The average molecular weight is 613 g/mol. The highest BCUT2D eigenvalue weighted by molar-refractivity contribution is 5.21. The molecule has 0 aromatic carbocycles. The second-order valence-corrected chi connectivity index (χ2v) is 15.3. The number of aliphatic hydroxyl groups is 7. The van der Waals surface area contributed by atoms with Gasteiger partial charge in [0.25, 0.3) is 0 Å². The fraction of sp³-hybridized carbons (Fsp3) is 0.939. The molecule has 248 valence electrons. The summed E-state index contributed by atoms with van der Waals surface area (Å²) >= 11 is 0. The Bertz CT molecular complexity index is 995. The lowest BCUT2D eigenvalue weighted by Gasteiger charge is -2.66. The predicted molar refractivity (Wildman–Crippen MR) is 157 cm³/mol. The summed E-state index contributed by atoms with van der Waals surface area (Å²) in [6, 6.07) is 0. The maximum atomic E-state index is 12.5. The molecular weight excluding hydrogens is 556 g/mol. The summed E-state index contributed by atoms with van der Waals surface area (Å²) in [5.74, 6) is -0.558. The van der Waals surface area contributed by atoms with Crippen LogP contribution in [-0.2, 0) is 14.2 Å². The first-order valence-corrected chi connectivity index (χ1v) is 16.4. The Labute approximate surface area is 256 Å². The molecule has 1 saturated heterocycles. The summed E-state index contributed by atoms with van der Waals surface area (Å²) in [6.45, 7) is 8.91. The number of ether oxygens (including phenoxy) is 3. The smallest absolute Gasteiger partial charge is 0.186 e. The molecule has 0 aromatic heterocycles.